The number of hydrogen-bond acceptors (Lipinski definition) is 5. The van der Waals surface area contributed by atoms with Gasteiger partial charge in [-0.3, -0.25) is 14.6 Å². The molecule has 1 saturated carbocycles. The number of aromatic nitrogens is 1. The Labute approximate surface area is 205 Å². The first-order chi connectivity index (χ1) is 16.8. The largest absolute Gasteiger partial charge is 0.416 e. The predicted molar refractivity (Wildman–Crippen MR) is 121 cm³/mol. The van der Waals surface area contributed by atoms with Crippen LogP contribution in [-0.4, -0.2) is 48.5 Å². The second-order valence-corrected chi connectivity index (χ2v) is 11.4. The first kappa shape index (κ1) is 26.1. The van der Waals surface area contributed by atoms with Crippen LogP contribution in [0.4, 0.5) is 17.6 Å². The van der Waals surface area contributed by atoms with Crippen molar-refractivity contribution in [1.82, 2.24) is 15.2 Å². The summed E-state index contributed by atoms with van der Waals surface area (Å²) in [7, 11) is -3.61. The number of rotatable bonds is 6. The average Bonchev–Trinajstić information content (AvgIpc) is 3.57. The topological polar surface area (TPSA) is 96.4 Å². The number of carbonyl (C=O) groups is 2. The fourth-order valence-corrected chi connectivity index (χ4v) is 5.15. The number of halogens is 4. The van der Waals surface area contributed by atoms with E-state index in [-0.39, 0.29) is 28.0 Å². The van der Waals surface area contributed by atoms with Crippen LogP contribution in [0.2, 0.25) is 0 Å². The molecule has 1 N–H and O–H groups in total. The molecule has 7 nitrogen and oxygen atoms in total. The molecule has 2 heterocycles. The van der Waals surface area contributed by atoms with Crippen molar-refractivity contribution in [3.8, 4) is 0 Å². The molecule has 1 aliphatic carbocycles. The standard InChI is InChI=1S/C24H25F4N3O4S/c1-13-3-8-20(31(13)23(33)15-9-17(12-29-11-15)36(2,34)35)22(32)30-21(14-4-5-14)18-7-6-16(10-19(18)25)24(26,27)28/h6-7,9-14,20-21H,3-5,8H2,1-2H3,(H,30,32)/t13-,20-,21-/m1/s1. The van der Waals surface area contributed by atoms with E-state index in [1.807, 2.05) is 0 Å². The fraction of sp³-hybridized carbons (Fsp3) is 0.458. The summed E-state index contributed by atoms with van der Waals surface area (Å²) in [5, 5.41) is 2.76. The average molecular weight is 528 g/mol. The molecule has 2 fully saturated rings. The Balaban J connectivity index is 1.57. The first-order valence-corrected chi connectivity index (χ1v) is 13.3. The third-order valence-electron chi connectivity index (χ3n) is 6.65. The Morgan fingerprint density at radius 2 is 1.81 bits per heavy atom. The highest BCUT2D eigenvalue weighted by Crippen LogP contribution is 2.43. The molecule has 0 spiro atoms. The summed E-state index contributed by atoms with van der Waals surface area (Å²) in [6, 6.07) is 1.38. The molecule has 1 aromatic heterocycles. The van der Waals surface area contributed by atoms with Gasteiger partial charge >= 0.3 is 6.18 Å². The van der Waals surface area contributed by atoms with Crippen LogP contribution in [-0.2, 0) is 20.8 Å². The van der Waals surface area contributed by atoms with Crippen molar-refractivity contribution in [2.75, 3.05) is 6.26 Å². The minimum Gasteiger partial charge on any atom is -0.347 e. The maximum atomic E-state index is 14.7. The Morgan fingerprint density at radius 1 is 1.11 bits per heavy atom. The number of carbonyl (C=O) groups excluding carboxylic acids is 2. The van der Waals surface area contributed by atoms with Crippen molar-refractivity contribution in [2.45, 2.75) is 61.8 Å². The van der Waals surface area contributed by atoms with Gasteiger partial charge in [-0.2, -0.15) is 13.2 Å². The van der Waals surface area contributed by atoms with E-state index in [9.17, 15) is 35.6 Å². The molecule has 36 heavy (non-hydrogen) atoms. The predicted octanol–water partition coefficient (Wildman–Crippen LogP) is 3.90. The lowest BCUT2D eigenvalue weighted by Gasteiger charge is -2.30. The van der Waals surface area contributed by atoms with E-state index in [0.29, 0.717) is 31.7 Å². The van der Waals surface area contributed by atoms with Crippen molar-refractivity contribution >= 4 is 21.7 Å². The van der Waals surface area contributed by atoms with E-state index in [4.69, 9.17) is 0 Å². The minimum absolute atomic E-state index is 0.0111. The lowest BCUT2D eigenvalue weighted by molar-refractivity contribution is -0.137. The van der Waals surface area contributed by atoms with Crippen molar-refractivity contribution in [2.24, 2.45) is 5.92 Å². The lowest BCUT2D eigenvalue weighted by Crippen LogP contribution is -2.49. The normalized spacial score (nSPS) is 21.3. The highest BCUT2D eigenvalue weighted by Gasteiger charge is 2.42. The molecule has 0 unspecified atom stereocenters. The molecule has 4 rings (SSSR count). The molecule has 3 atom stereocenters. The lowest BCUT2D eigenvalue weighted by atomic mass is 9.99. The van der Waals surface area contributed by atoms with Crippen LogP contribution in [0.15, 0.2) is 41.6 Å². The van der Waals surface area contributed by atoms with Crippen LogP contribution in [0.1, 0.15) is 60.1 Å². The van der Waals surface area contributed by atoms with Gasteiger partial charge < -0.3 is 10.2 Å². The molecule has 12 heteroatoms. The van der Waals surface area contributed by atoms with Gasteiger partial charge in [-0.1, -0.05) is 6.07 Å². The quantitative estimate of drug-likeness (QED) is 0.575. The molecule has 2 aliphatic rings. The van der Waals surface area contributed by atoms with Crippen LogP contribution in [0, 0.1) is 11.7 Å². The Kier molecular flexibility index (Phi) is 6.84. The van der Waals surface area contributed by atoms with E-state index in [0.717, 1.165) is 24.6 Å². The summed E-state index contributed by atoms with van der Waals surface area (Å²) in [5.74, 6) is -2.30. The molecule has 1 saturated heterocycles. The number of amides is 2. The number of alkyl halides is 3. The van der Waals surface area contributed by atoms with Crippen LogP contribution in [0.3, 0.4) is 0 Å². The zero-order valence-electron chi connectivity index (χ0n) is 19.5. The Hall–Kier alpha value is -3.02. The van der Waals surface area contributed by atoms with E-state index in [2.05, 4.69) is 10.3 Å². The number of hydrogen-bond donors (Lipinski definition) is 1. The number of nitrogens with one attached hydrogen (secondary N) is 1. The third kappa shape index (κ3) is 5.37. The van der Waals surface area contributed by atoms with Crippen LogP contribution >= 0.6 is 0 Å². The molecule has 0 radical (unpaired) electrons. The van der Waals surface area contributed by atoms with Crippen molar-refractivity contribution in [3.63, 3.8) is 0 Å². The van der Waals surface area contributed by atoms with Gasteiger partial charge in [0, 0.05) is 30.3 Å². The summed E-state index contributed by atoms with van der Waals surface area (Å²) in [5.41, 5.74) is -1.14. The van der Waals surface area contributed by atoms with E-state index >= 15 is 0 Å². The van der Waals surface area contributed by atoms with E-state index in [1.165, 1.54) is 17.2 Å². The van der Waals surface area contributed by atoms with Gasteiger partial charge in [0.2, 0.25) is 5.91 Å². The van der Waals surface area contributed by atoms with Gasteiger partial charge in [-0.15, -0.1) is 0 Å². The second-order valence-electron chi connectivity index (χ2n) is 9.39. The summed E-state index contributed by atoms with van der Waals surface area (Å²) < 4.78 is 77.3. The van der Waals surface area contributed by atoms with Gasteiger partial charge in [0.05, 0.1) is 22.1 Å². The maximum Gasteiger partial charge on any atom is 0.416 e. The fourth-order valence-electron chi connectivity index (χ4n) is 4.56. The van der Waals surface area contributed by atoms with Crippen LogP contribution < -0.4 is 5.32 Å². The molecule has 2 aromatic rings. The van der Waals surface area contributed by atoms with E-state index in [1.54, 1.807) is 6.92 Å². The monoisotopic (exact) mass is 527 g/mol. The maximum absolute atomic E-state index is 14.7. The number of sulfone groups is 1. The van der Waals surface area contributed by atoms with E-state index < -0.39 is 51.3 Å². The SMILES string of the molecule is C[C@@H]1CC[C@H](C(=O)N[C@@H](c2ccc(C(F)(F)F)cc2F)C2CC2)N1C(=O)c1cncc(S(C)(=O)=O)c1. The second kappa shape index (κ2) is 9.45. The molecule has 1 aromatic carbocycles. The third-order valence-corrected chi connectivity index (χ3v) is 7.73. The van der Waals surface area contributed by atoms with Gasteiger partial charge in [-0.25, -0.2) is 12.8 Å². The molecular weight excluding hydrogens is 502 g/mol. The zero-order chi connectivity index (χ0) is 26.4. The Morgan fingerprint density at radius 3 is 2.39 bits per heavy atom. The number of nitrogens with zero attached hydrogens (tertiary/aromatic N) is 2. The first-order valence-electron chi connectivity index (χ1n) is 11.4. The van der Waals surface area contributed by atoms with Gasteiger partial charge in [0.1, 0.15) is 11.9 Å². The van der Waals surface area contributed by atoms with Gasteiger partial charge in [0.25, 0.3) is 5.91 Å². The number of benzene rings is 1. The minimum atomic E-state index is -4.69. The smallest absolute Gasteiger partial charge is 0.347 e. The van der Waals surface area contributed by atoms with Crippen molar-refractivity contribution < 1.29 is 35.6 Å². The molecule has 1 aliphatic heterocycles. The highest BCUT2D eigenvalue weighted by atomic mass is 32.2. The number of pyridine rings is 1. The molecule has 0 bridgehead atoms. The summed E-state index contributed by atoms with van der Waals surface area (Å²) in [4.78, 5) is 31.6. The molecule has 194 valence electrons. The zero-order valence-corrected chi connectivity index (χ0v) is 20.4. The summed E-state index contributed by atoms with van der Waals surface area (Å²) in [6.07, 6.45) is 0.839. The van der Waals surface area contributed by atoms with Crippen LogP contribution in [0.5, 0.6) is 0 Å². The molecular formula is C24H25F4N3O4S. The summed E-state index contributed by atoms with van der Waals surface area (Å²) >= 11 is 0. The highest BCUT2D eigenvalue weighted by molar-refractivity contribution is 7.90. The number of likely N-dealkylation sites (tertiary alicyclic amines) is 1. The van der Waals surface area contributed by atoms with Gasteiger partial charge in [-0.05, 0) is 56.7 Å². The van der Waals surface area contributed by atoms with Crippen molar-refractivity contribution in [3.05, 3.63) is 59.2 Å². The van der Waals surface area contributed by atoms with Crippen molar-refractivity contribution in [1.29, 1.82) is 0 Å². The molecule has 2 amide bonds. The van der Waals surface area contributed by atoms with Gasteiger partial charge in [0.15, 0.2) is 9.84 Å². The Bertz CT molecular complexity index is 1290. The summed E-state index contributed by atoms with van der Waals surface area (Å²) in [6.45, 7) is 1.76. The van der Waals surface area contributed by atoms with Crippen LogP contribution in [0.25, 0.3) is 0 Å².